The van der Waals surface area contributed by atoms with Crippen LogP contribution in [0.2, 0.25) is 5.02 Å². The highest BCUT2D eigenvalue weighted by Gasteiger charge is 2.12. The molecule has 0 atom stereocenters. The van der Waals surface area contributed by atoms with E-state index in [0.717, 1.165) is 29.1 Å². The van der Waals surface area contributed by atoms with Crippen LogP contribution in [-0.4, -0.2) is 10.5 Å². The van der Waals surface area contributed by atoms with Crippen molar-refractivity contribution < 1.29 is 4.79 Å². The Labute approximate surface area is 163 Å². The zero-order chi connectivity index (χ0) is 19.2. The summed E-state index contributed by atoms with van der Waals surface area (Å²) in [6, 6.07) is 20.6. The average molecular weight is 376 g/mol. The highest BCUT2D eigenvalue weighted by atomic mass is 35.5. The Morgan fingerprint density at radius 1 is 1.15 bits per heavy atom. The summed E-state index contributed by atoms with van der Waals surface area (Å²) in [5.41, 5.74) is 3.40. The van der Waals surface area contributed by atoms with Crippen LogP contribution in [0, 0.1) is 11.3 Å². The van der Waals surface area contributed by atoms with Crippen molar-refractivity contribution in [3.05, 3.63) is 88.7 Å². The SMILES string of the molecule is CCc1ccccc1NC(=O)/C(C#N)=C\c1cccn1-c1ccc(Cl)cc1. The Hall–Kier alpha value is -3.29. The minimum Gasteiger partial charge on any atom is -0.321 e. The number of hydrogen-bond acceptors (Lipinski definition) is 2. The van der Waals surface area contributed by atoms with Gasteiger partial charge in [0.05, 0.1) is 0 Å². The fourth-order valence-corrected chi connectivity index (χ4v) is 2.91. The van der Waals surface area contributed by atoms with Gasteiger partial charge < -0.3 is 9.88 Å². The molecule has 0 radical (unpaired) electrons. The summed E-state index contributed by atoms with van der Waals surface area (Å²) in [5, 5.41) is 13.0. The van der Waals surface area contributed by atoms with Gasteiger partial charge in [-0.3, -0.25) is 4.79 Å². The Bertz CT molecular complexity index is 1030. The summed E-state index contributed by atoms with van der Waals surface area (Å²) >= 11 is 5.95. The molecule has 0 fully saturated rings. The normalized spacial score (nSPS) is 11.1. The van der Waals surface area contributed by atoms with Gasteiger partial charge in [0.25, 0.3) is 5.91 Å². The molecule has 0 aliphatic heterocycles. The molecule has 0 spiro atoms. The van der Waals surface area contributed by atoms with E-state index in [9.17, 15) is 10.1 Å². The Kier molecular flexibility index (Phi) is 5.75. The molecule has 0 saturated carbocycles. The smallest absolute Gasteiger partial charge is 0.266 e. The summed E-state index contributed by atoms with van der Waals surface area (Å²) in [7, 11) is 0. The molecule has 1 aromatic heterocycles. The monoisotopic (exact) mass is 375 g/mol. The van der Waals surface area contributed by atoms with Crippen LogP contribution in [0.3, 0.4) is 0 Å². The number of rotatable bonds is 5. The van der Waals surface area contributed by atoms with E-state index in [1.54, 1.807) is 18.2 Å². The second-order valence-electron chi connectivity index (χ2n) is 5.91. The number of carbonyl (C=O) groups is 1. The number of nitrogens with one attached hydrogen (secondary N) is 1. The van der Waals surface area contributed by atoms with E-state index in [-0.39, 0.29) is 5.57 Å². The number of halogens is 1. The van der Waals surface area contributed by atoms with Gasteiger partial charge in [0.2, 0.25) is 0 Å². The average Bonchev–Trinajstić information content (AvgIpc) is 3.15. The van der Waals surface area contributed by atoms with Gasteiger partial charge in [-0.15, -0.1) is 0 Å². The third-order valence-corrected chi connectivity index (χ3v) is 4.44. The molecule has 134 valence electrons. The van der Waals surface area contributed by atoms with Crippen molar-refractivity contribution in [3.8, 4) is 11.8 Å². The number of benzene rings is 2. The lowest BCUT2D eigenvalue weighted by Crippen LogP contribution is -2.15. The quantitative estimate of drug-likeness (QED) is 0.489. The summed E-state index contributed by atoms with van der Waals surface area (Å²) in [6.07, 6.45) is 4.24. The number of para-hydroxylation sites is 1. The predicted octanol–water partition coefficient (Wildman–Crippen LogP) is 5.24. The first-order valence-electron chi connectivity index (χ1n) is 8.56. The topological polar surface area (TPSA) is 57.8 Å². The van der Waals surface area contributed by atoms with Crippen molar-refractivity contribution in [2.75, 3.05) is 5.32 Å². The van der Waals surface area contributed by atoms with Crippen LogP contribution in [0.15, 0.2) is 72.4 Å². The Morgan fingerprint density at radius 3 is 2.59 bits per heavy atom. The molecule has 3 rings (SSSR count). The fourth-order valence-electron chi connectivity index (χ4n) is 2.79. The first kappa shape index (κ1) is 18.5. The van der Waals surface area contributed by atoms with Crippen LogP contribution < -0.4 is 5.32 Å². The van der Waals surface area contributed by atoms with Crippen LogP contribution in [-0.2, 0) is 11.2 Å². The lowest BCUT2D eigenvalue weighted by molar-refractivity contribution is -0.112. The lowest BCUT2D eigenvalue weighted by Gasteiger charge is -2.10. The number of aromatic nitrogens is 1. The number of hydrogen-bond donors (Lipinski definition) is 1. The maximum Gasteiger partial charge on any atom is 0.266 e. The van der Waals surface area contributed by atoms with Gasteiger partial charge in [-0.25, -0.2) is 0 Å². The molecule has 1 amide bonds. The molecule has 0 bridgehead atoms. The van der Waals surface area contributed by atoms with Crippen LogP contribution in [0.4, 0.5) is 5.69 Å². The zero-order valence-corrected chi connectivity index (χ0v) is 15.6. The van der Waals surface area contributed by atoms with E-state index < -0.39 is 5.91 Å². The number of nitrogens with zero attached hydrogens (tertiary/aromatic N) is 2. The van der Waals surface area contributed by atoms with Crippen molar-refractivity contribution in [3.63, 3.8) is 0 Å². The van der Waals surface area contributed by atoms with Gasteiger partial charge >= 0.3 is 0 Å². The maximum absolute atomic E-state index is 12.6. The molecule has 2 aromatic carbocycles. The van der Waals surface area contributed by atoms with E-state index in [4.69, 9.17) is 11.6 Å². The first-order chi connectivity index (χ1) is 13.1. The predicted molar refractivity (Wildman–Crippen MR) is 109 cm³/mol. The van der Waals surface area contributed by atoms with Crippen molar-refractivity contribution in [1.82, 2.24) is 4.57 Å². The van der Waals surface area contributed by atoms with Crippen LogP contribution in [0.25, 0.3) is 11.8 Å². The van der Waals surface area contributed by atoms with Gasteiger partial charge in [0, 0.05) is 28.3 Å². The molecule has 4 nitrogen and oxygen atoms in total. The molecular weight excluding hydrogens is 358 g/mol. The number of carbonyl (C=O) groups excluding carboxylic acids is 1. The van der Waals surface area contributed by atoms with Crippen molar-refractivity contribution in [2.45, 2.75) is 13.3 Å². The highest BCUT2D eigenvalue weighted by molar-refractivity contribution is 6.30. The first-order valence-corrected chi connectivity index (χ1v) is 8.94. The van der Waals surface area contributed by atoms with E-state index >= 15 is 0 Å². The largest absolute Gasteiger partial charge is 0.321 e. The number of aryl methyl sites for hydroxylation is 1. The van der Waals surface area contributed by atoms with E-state index in [0.29, 0.717) is 5.02 Å². The maximum atomic E-state index is 12.6. The Morgan fingerprint density at radius 2 is 1.89 bits per heavy atom. The molecule has 3 aromatic rings. The molecular formula is C22H18ClN3O. The minimum absolute atomic E-state index is 0.0369. The highest BCUT2D eigenvalue weighted by Crippen LogP contribution is 2.20. The second-order valence-corrected chi connectivity index (χ2v) is 6.35. The molecule has 0 aliphatic rings. The molecule has 1 heterocycles. The van der Waals surface area contributed by atoms with Gasteiger partial charge in [0.1, 0.15) is 11.6 Å². The second kappa shape index (κ2) is 8.39. The Balaban J connectivity index is 1.89. The van der Waals surface area contributed by atoms with Gasteiger partial charge in [-0.1, -0.05) is 36.7 Å². The molecule has 27 heavy (non-hydrogen) atoms. The van der Waals surface area contributed by atoms with E-state index in [2.05, 4.69) is 5.32 Å². The van der Waals surface area contributed by atoms with E-state index in [1.807, 2.05) is 72.3 Å². The number of amides is 1. The van der Waals surface area contributed by atoms with Crippen LogP contribution in [0.1, 0.15) is 18.2 Å². The summed E-state index contributed by atoms with van der Waals surface area (Å²) < 4.78 is 1.89. The van der Waals surface area contributed by atoms with Gasteiger partial charge in [-0.05, 0) is 60.5 Å². The lowest BCUT2D eigenvalue weighted by atomic mass is 10.1. The molecule has 0 aliphatic carbocycles. The van der Waals surface area contributed by atoms with Crippen LogP contribution in [0.5, 0.6) is 0 Å². The molecule has 1 N–H and O–H groups in total. The van der Waals surface area contributed by atoms with Crippen molar-refractivity contribution in [1.29, 1.82) is 5.26 Å². The van der Waals surface area contributed by atoms with Crippen LogP contribution >= 0.6 is 11.6 Å². The standard InChI is InChI=1S/C22H18ClN3O/c1-2-16-6-3-4-8-21(16)25-22(27)17(15-24)14-20-7-5-13-26(20)19-11-9-18(23)10-12-19/h3-14H,2H2,1H3,(H,25,27)/b17-14-. The van der Waals surface area contributed by atoms with E-state index in [1.165, 1.54) is 0 Å². The fraction of sp³-hybridized carbons (Fsp3) is 0.0909. The van der Waals surface area contributed by atoms with Crippen molar-refractivity contribution in [2.24, 2.45) is 0 Å². The summed E-state index contributed by atoms with van der Waals surface area (Å²) in [4.78, 5) is 12.6. The molecule has 0 unspecified atom stereocenters. The minimum atomic E-state index is -0.428. The third-order valence-electron chi connectivity index (χ3n) is 4.19. The number of anilines is 1. The van der Waals surface area contributed by atoms with Gasteiger partial charge in [0.15, 0.2) is 0 Å². The van der Waals surface area contributed by atoms with Crippen molar-refractivity contribution >= 4 is 29.3 Å². The van der Waals surface area contributed by atoms with Gasteiger partial charge in [-0.2, -0.15) is 5.26 Å². The zero-order valence-electron chi connectivity index (χ0n) is 14.8. The molecule has 0 saturated heterocycles. The number of nitriles is 1. The summed E-state index contributed by atoms with van der Waals surface area (Å²) in [6.45, 7) is 2.02. The molecule has 5 heteroatoms. The third kappa shape index (κ3) is 4.28. The summed E-state index contributed by atoms with van der Waals surface area (Å²) in [5.74, 6) is -0.428.